The fourth-order valence-electron chi connectivity index (χ4n) is 3.38. The molecule has 25 heavy (non-hydrogen) atoms. The van der Waals surface area contributed by atoms with Gasteiger partial charge < -0.3 is 15.1 Å². The zero-order valence-electron chi connectivity index (χ0n) is 14.6. The molecule has 1 aromatic heterocycles. The van der Waals surface area contributed by atoms with Crippen molar-refractivity contribution in [2.45, 2.75) is 56.5 Å². The molecule has 3 heterocycles. The second-order valence-electron chi connectivity index (χ2n) is 6.61. The summed E-state index contributed by atoms with van der Waals surface area (Å²) in [6.07, 6.45) is 3.64. The van der Waals surface area contributed by atoms with Crippen LogP contribution in [-0.2, 0) is 10.0 Å². The van der Waals surface area contributed by atoms with Crippen molar-refractivity contribution in [2.75, 3.05) is 19.6 Å². The van der Waals surface area contributed by atoms with E-state index in [-0.39, 0.29) is 46.8 Å². The zero-order chi connectivity index (χ0) is 17.3. The third-order valence-electron chi connectivity index (χ3n) is 4.86. The summed E-state index contributed by atoms with van der Waals surface area (Å²) >= 11 is 0. The van der Waals surface area contributed by atoms with Crippen molar-refractivity contribution in [3.8, 4) is 0 Å². The van der Waals surface area contributed by atoms with Crippen LogP contribution in [-0.4, -0.2) is 50.3 Å². The van der Waals surface area contributed by atoms with Crippen molar-refractivity contribution >= 4 is 28.3 Å². The molecule has 2 unspecified atom stereocenters. The van der Waals surface area contributed by atoms with Crippen molar-refractivity contribution in [2.24, 2.45) is 0 Å². The summed E-state index contributed by atoms with van der Waals surface area (Å²) in [5.74, 6) is -0.0357. The molecule has 0 aromatic carbocycles. The second kappa shape index (κ2) is 8.07. The fourth-order valence-corrected chi connectivity index (χ4v) is 5.06. The number of rotatable bonds is 4. The van der Waals surface area contributed by atoms with Gasteiger partial charge in [0.1, 0.15) is 10.7 Å². The summed E-state index contributed by atoms with van der Waals surface area (Å²) in [7, 11) is -3.58. The lowest BCUT2D eigenvalue weighted by Gasteiger charge is -2.30. The molecular formula is C16H26ClN3O4S. The number of furan rings is 1. The molecule has 0 radical (unpaired) electrons. The van der Waals surface area contributed by atoms with E-state index in [2.05, 4.69) is 10.6 Å². The van der Waals surface area contributed by atoms with Gasteiger partial charge in [-0.05, 0) is 46.1 Å². The molecule has 2 saturated heterocycles. The van der Waals surface area contributed by atoms with Crippen molar-refractivity contribution in [3.05, 3.63) is 17.6 Å². The first-order chi connectivity index (χ1) is 11.4. The van der Waals surface area contributed by atoms with Gasteiger partial charge in [-0.3, -0.25) is 4.79 Å². The van der Waals surface area contributed by atoms with E-state index < -0.39 is 10.0 Å². The summed E-state index contributed by atoms with van der Waals surface area (Å²) in [6, 6.07) is 1.57. The smallest absolute Gasteiger partial charge is 0.287 e. The molecule has 9 heteroatoms. The van der Waals surface area contributed by atoms with E-state index in [4.69, 9.17) is 4.42 Å². The monoisotopic (exact) mass is 391 g/mol. The van der Waals surface area contributed by atoms with Crippen LogP contribution in [0, 0.1) is 6.92 Å². The maximum absolute atomic E-state index is 12.7. The van der Waals surface area contributed by atoms with E-state index in [9.17, 15) is 13.2 Å². The Balaban J connectivity index is 0.00000225. The molecule has 2 aliphatic heterocycles. The lowest BCUT2D eigenvalue weighted by molar-refractivity contribution is 0.0890. The first kappa shape index (κ1) is 20.2. The van der Waals surface area contributed by atoms with Gasteiger partial charge in [0, 0.05) is 31.2 Å². The SMILES string of the molecule is Cc1oc(C(=O)NC2CCCNC2C)cc1S(=O)(=O)N1CCCC1.Cl. The summed E-state index contributed by atoms with van der Waals surface area (Å²) in [5.41, 5.74) is 0. The molecule has 0 spiro atoms. The quantitative estimate of drug-likeness (QED) is 0.814. The highest BCUT2D eigenvalue weighted by Crippen LogP contribution is 2.26. The van der Waals surface area contributed by atoms with Crippen molar-refractivity contribution in [1.29, 1.82) is 0 Å². The molecule has 7 nitrogen and oxygen atoms in total. The van der Waals surface area contributed by atoms with Gasteiger partial charge in [0.25, 0.3) is 5.91 Å². The maximum atomic E-state index is 12.7. The topological polar surface area (TPSA) is 91.6 Å². The van der Waals surface area contributed by atoms with Gasteiger partial charge in [0.15, 0.2) is 5.76 Å². The van der Waals surface area contributed by atoms with Gasteiger partial charge >= 0.3 is 0 Å². The van der Waals surface area contributed by atoms with Crippen LogP contribution in [0.3, 0.4) is 0 Å². The number of carbonyl (C=O) groups is 1. The van der Waals surface area contributed by atoms with Crippen LogP contribution in [0.25, 0.3) is 0 Å². The van der Waals surface area contributed by atoms with Crippen molar-refractivity contribution in [3.63, 3.8) is 0 Å². The van der Waals surface area contributed by atoms with Gasteiger partial charge in [-0.1, -0.05) is 0 Å². The summed E-state index contributed by atoms with van der Waals surface area (Å²) in [4.78, 5) is 12.5. The molecule has 0 bridgehead atoms. The van der Waals surface area contributed by atoms with E-state index in [1.165, 1.54) is 10.4 Å². The maximum Gasteiger partial charge on any atom is 0.287 e. The van der Waals surface area contributed by atoms with Crippen LogP contribution >= 0.6 is 12.4 Å². The number of amides is 1. The lowest BCUT2D eigenvalue weighted by atomic mass is 10.00. The Hall–Kier alpha value is -1.09. The normalized spacial score (nSPS) is 24.7. The lowest BCUT2D eigenvalue weighted by Crippen LogP contribution is -2.51. The summed E-state index contributed by atoms with van der Waals surface area (Å²) < 4.78 is 32.2. The van der Waals surface area contributed by atoms with E-state index >= 15 is 0 Å². The predicted octanol–water partition coefficient (Wildman–Crippen LogP) is 1.66. The second-order valence-corrected chi connectivity index (χ2v) is 8.51. The minimum Gasteiger partial charge on any atom is -0.455 e. The molecule has 2 atom stereocenters. The molecular weight excluding hydrogens is 366 g/mol. The fraction of sp³-hybridized carbons (Fsp3) is 0.688. The van der Waals surface area contributed by atoms with Crippen LogP contribution in [0.2, 0.25) is 0 Å². The molecule has 2 aliphatic rings. The van der Waals surface area contributed by atoms with Gasteiger partial charge in [-0.2, -0.15) is 4.31 Å². The minimum absolute atomic E-state index is 0. The Labute approximate surface area is 155 Å². The van der Waals surface area contributed by atoms with Crippen LogP contribution in [0.5, 0.6) is 0 Å². The third kappa shape index (κ3) is 4.19. The highest BCUT2D eigenvalue weighted by atomic mass is 35.5. The highest BCUT2D eigenvalue weighted by molar-refractivity contribution is 7.89. The number of halogens is 1. The molecule has 0 saturated carbocycles. The van der Waals surface area contributed by atoms with Gasteiger partial charge in [-0.25, -0.2) is 8.42 Å². The first-order valence-electron chi connectivity index (χ1n) is 8.54. The molecule has 0 aliphatic carbocycles. The number of nitrogens with zero attached hydrogens (tertiary/aromatic N) is 1. The van der Waals surface area contributed by atoms with Crippen LogP contribution in [0.1, 0.15) is 48.9 Å². The van der Waals surface area contributed by atoms with Crippen molar-refractivity contribution < 1.29 is 17.6 Å². The Morgan fingerprint density at radius 1 is 1.32 bits per heavy atom. The third-order valence-corrected chi connectivity index (χ3v) is 6.86. The van der Waals surface area contributed by atoms with E-state index in [0.29, 0.717) is 13.1 Å². The van der Waals surface area contributed by atoms with E-state index in [1.807, 2.05) is 6.92 Å². The summed E-state index contributed by atoms with van der Waals surface area (Å²) in [6.45, 7) is 5.62. The number of piperidine rings is 1. The minimum atomic E-state index is -3.58. The standard InChI is InChI=1S/C16H25N3O4S.ClH/c1-11-13(6-5-7-17-11)18-16(20)14-10-15(12(2)23-14)24(21,22)19-8-3-4-9-19;/h10-11,13,17H,3-9H2,1-2H3,(H,18,20);1H. The average molecular weight is 392 g/mol. The van der Waals surface area contributed by atoms with Crippen LogP contribution < -0.4 is 10.6 Å². The van der Waals surface area contributed by atoms with E-state index in [0.717, 1.165) is 32.2 Å². The zero-order valence-corrected chi connectivity index (χ0v) is 16.2. The van der Waals surface area contributed by atoms with Crippen LogP contribution in [0.4, 0.5) is 0 Å². The Morgan fingerprint density at radius 3 is 2.64 bits per heavy atom. The van der Waals surface area contributed by atoms with Gasteiger partial charge in [0.05, 0.1) is 0 Å². The molecule has 1 aromatic rings. The Kier molecular flexibility index (Phi) is 6.53. The first-order valence-corrected chi connectivity index (χ1v) is 9.98. The largest absolute Gasteiger partial charge is 0.455 e. The summed E-state index contributed by atoms with van der Waals surface area (Å²) in [5, 5.41) is 6.26. The van der Waals surface area contributed by atoms with Gasteiger partial charge in [0.2, 0.25) is 10.0 Å². The van der Waals surface area contributed by atoms with E-state index in [1.54, 1.807) is 6.92 Å². The molecule has 142 valence electrons. The number of hydrogen-bond donors (Lipinski definition) is 2. The molecule has 2 N–H and O–H groups in total. The molecule has 2 fully saturated rings. The average Bonchev–Trinajstić information content (AvgIpc) is 3.19. The number of aryl methyl sites for hydroxylation is 1. The number of carbonyl (C=O) groups excluding carboxylic acids is 1. The van der Waals surface area contributed by atoms with Crippen molar-refractivity contribution in [1.82, 2.24) is 14.9 Å². The Bertz CT molecular complexity index is 713. The molecule has 1 amide bonds. The number of sulfonamides is 1. The number of nitrogens with one attached hydrogen (secondary N) is 2. The number of hydrogen-bond acceptors (Lipinski definition) is 5. The predicted molar refractivity (Wildman–Crippen MR) is 96.6 cm³/mol. The molecule has 3 rings (SSSR count). The highest BCUT2D eigenvalue weighted by Gasteiger charge is 2.32. The Morgan fingerprint density at radius 2 is 2.00 bits per heavy atom. The van der Waals surface area contributed by atoms with Gasteiger partial charge in [-0.15, -0.1) is 12.4 Å². The van der Waals surface area contributed by atoms with Crippen LogP contribution in [0.15, 0.2) is 15.4 Å².